The van der Waals surface area contributed by atoms with Crippen LogP contribution < -0.4 is 0 Å². The standard InChI is InChI=1S/C6H7Cl3N2S2/c1-6(9,2-7)3-12-5-10-4(8)11-13-5/h2-3H2,1H3. The molecule has 0 aliphatic rings. The molecule has 1 aromatic heterocycles. The maximum Gasteiger partial charge on any atom is 0.235 e. The summed E-state index contributed by atoms with van der Waals surface area (Å²) in [6.45, 7) is 1.89. The third-order valence-corrected chi connectivity index (χ3v) is 4.79. The maximum absolute atomic E-state index is 6.05. The summed E-state index contributed by atoms with van der Waals surface area (Å²) < 4.78 is 4.66. The van der Waals surface area contributed by atoms with Crippen LogP contribution in [0.15, 0.2) is 4.34 Å². The number of hydrogen-bond acceptors (Lipinski definition) is 4. The van der Waals surface area contributed by atoms with Crippen LogP contribution in [0.1, 0.15) is 6.92 Å². The lowest BCUT2D eigenvalue weighted by molar-refractivity contribution is 0.809. The molecular weight excluding hydrogens is 271 g/mol. The molecule has 7 heteroatoms. The molecule has 0 fully saturated rings. The van der Waals surface area contributed by atoms with E-state index in [1.807, 2.05) is 6.92 Å². The van der Waals surface area contributed by atoms with E-state index in [1.165, 1.54) is 23.3 Å². The molecule has 1 heterocycles. The van der Waals surface area contributed by atoms with Gasteiger partial charge in [-0.1, -0.05) is 11.8 Å². The molecule has 0 saturated heterocycles. The van der Waals surface area contributed by atoms with Crippen LogP contribution in [-0.4, -0.2) is 25.9 Å². The second-order valence-corrected chi connectivity index (χ2v) is 6.16. The van der Waals surface area contributed by atoms with Crippen LogP contribution in [-0.2, 0) is 0 Å². The first kappa shape index (κ1) is 11.9. The number of nitrogens with zero attached hydrogens (tertiary/aromatic N) is 2. The Morgan fingerprint density at radius 2 is 2.31 bits per heavy atom. The number of hydrogen-bond donors (Lipinski definition) is 0. The van der Waals surface area contributed by atoms with E-state index in [0.29, 0.717) is 11.6 Å². The SMILES string of the molecule is CC(Cl)(CCl)CSc1nc(Cl)ns1. The van der Waals surface area contributed by atoms with Crippen LogP contribution in [0.25, 0.3) is 0 Å². The van der Waals surface area contributed by atoms with Gasteiger partial charge in [0.25, 0.3) is 0 Å². The van der Waals surface area contributed by atoms with E-state index in [9.17, 15) is 0 Å². The quantitative estimate of drug-likeness (QED) is 0.622. The van der Waals surface area contributed by atoms with E-state index >= 15 is 0 Å². The van der Waals surface area contributed by atoms with Crippen molar-refractivity contribution >= 4 is 58.1 Å². The molecule has 74 valence electrons. The van der Waals surface area contributed by atoms with Crippen molar-refractivity contribution in [3.05, 3.63) is 5.28 Å². The van der Waals surface area contributed by atoms with Crippen LogP contribution in [0.2, 0.25) is 5.28 Å². The molecule has 0 spiro atoms. The molecule has 0 radical (unpaired) electrons. The van der Waals surface area contributed by atoms with E-state index < -0.39 is 4.87 Å². The fourth-order valence-electron chi connectivity index (χ4n) is 0.502. The van der Waals surface area contributed by atoms with E-state index in [0.717, 1.165) is 4.34 Å². The number of rotatable bonds is 4. The van der Waals surface area contributed by atoms with Crippen LogP contribution in [0, 0.1) is 0 Å². The average molecular weight is 278 g/mol. The van der Waals surface area contributed by atoms with Crippen LogP contribution in [0.4, 0.5) is 0 Å². The van der Waals surface area contributed by atoms with Gasteiger partial charge in [-0.05, 0) is 30.1 Å². The highest BCUT2D eigenvalue weighted by atomic mass is 35.5. The summed E-state index contributed by atoms with van der Waals surface area (Å²) in [7, 11) is 0. The Kier molecular flexibility index (Phi) is 4.58. The van der Waals surface area contributed by atoms with Crippen molar-refractivity contribution in [2.24, 2.45) is 0 Å². The molecule has 0 aliphatic carbocycles. The van der Waals surface area contributed by atoms with Crippen molar-refractivity contribution in [3.8, 4) is 0 Å². The van der Waals surface area contributed by atoms with Gasteiger partial charge in [0.2, 0.25) is 5.28 Å². The Morgan fingerprint density at radius 3 is 2.77 bits per heavy atom. The molecule has 1 unspecified atom stereocenters. The zero-order valence-corrected chi connectivity index (χ0v) is 10.7. The van der Waals surface area contributed by atoms with Crippen molar-refractivity contribution in [1.82, 2.24) is 9.36 Å². The second kappa shape index (κ2) is 5.03. The molecule has 0 saturated carbocycles. The summed E-state index contributed by atoms with van der Waals surface area (Å²) in [5, 5.41) is 0.287. The van der Waals surface area contributed by atoms with Gasteiger partial charge in [0, 0.05) is 11.6 Å². The van der Waals surface area contributed by atoms with E-state index in [1.54, 1.807) is 0 Å². The molecular formula is C6H7Cl3N2S2. The summed E-state index contributed by atoms with van der Waals surface area (Å²) in [6.07, 6.45) is 0. The zero-order valence-electron chi connectivity index (χ0n) is 6.76. The van der Waals surface area contributed by atoms with Gasteiger partial charge >= 0.3 is 0 Å². The topological polar surface area (TPSA) is 25.8 Å². The molecule has 1 rings (SSSR count). The minimum absolute atomic E-state index is 0.287. The highest BCUT2D eigenvalue weighted by Crippen LogP contribution is 2.29. The summed E-state index contributed by atoms with van der Waals surface area (Å²) in [5.74, 6) is 1.11. The fourth-order valence-corrected chi connectivity index (χ4v) is 2.66. The highest BCUT2D eigenvalue weighted by Gasteiger charge is 2.20. The Hall–Kier alpha value is 0.780. The summed E-state index contributed by atoms with van der Waals surface area (Å²) in [4.78, 5) is 3.58. The monoisotopic (exact) mass is 276 g/mol. The van der Waals surface area contributed by atoms with Crippen molar-refractivity contribution in [2.45, 2.75) is 16.1 Å². The van der Waals surface area contributed by atoms with Gasteiger partial charge in [-0.3, -0.25) is 0 Å². The summed E-state index contributed by atoms with van der Waals surface area (Å²) >= 11 is 20.1. The predicted molar refractivity (Wildman–Crippen MR) is 60.6 cm³/mol. The van der Waals surface area contributed by atoms with Crippen molar-refractivity contribution in [2.75, 3.05) is 11.6 Å². The van der Waals surface area contributed by atoms with Gasteiger partial charge in [0.1, 0.15) is 0 Å². The zero-order chi connectivity index (χ0) is 9.90. The van der Waals surface area contributed by atoms with Gasteiger partial charge in [-0.15, -0.1) is 23.2 Å². The first-order valence-corrected chi connectivity index (χ1v) is 6.45. The highest BCUT2D eigenvalue weighted by molar-refractivity contribution is 8.01. The first-order valence-electron chi connectivity index (χ1n) is 3.40. The van der Waals surface area contributed by atoms with Crippen LogP contribution >= 0.6 is 58.1 Å². The molecule has 0 aliphatic heterocycles. The first-order chi connectivity index (χ1) is 6.03. The Labute approximate surface area is 100 Å². The maximum atomic E-state index is 6.05. The van der Waals surface area contributed by atoms with Gasteiger partial charge in [-0.2, -0.15) is 9.36 Å². The molecule has 1 aromatic rings. The number of thioether (sulfide) groups is 1. The second-order valence-electron chi connectivity index (χ2n) is 2.66. The molecule has 2 nitrogen and oxygen atoms in total. The number of alkyl halides is 2. The largest absolute Gasteiger partial charge is 0.235 e. The van der Waals surface area contributed by atoms with E-state index in [2.05, 4.69) is 9.36 Å². The lowest BCUT2D eigenvalue weighted by Gasteiger charge is -2.16. The number of halogens is 3. The van der Waals surface area contributed by atoms with E-state index in [4.69, 9.17) is 34.8 Å². The van der Waals surface area contributed by atoms with Gasteiger partial charge in [-0.25, -0.2) is 0 Å². The molecule has 0 amide bonds. The molecule has 0 N–H and O–H groups in total. The third kappa shape index (κ3) is 4.21. The molecule has 1 atom stereocenters. The summed E-state index contributed by atoms with van der Waals surface area (Å²) in [5.41, 5.74) is 0. The van der Waals surface area contributed by atoms with Crippen LogP contribution in [0.5, 0.6) is 0 Å². The Bertz CT molecular complexity index is 277. The van der Waals surface area contributed by atoms with E-state index in [-0.39, 0.29) is 5.28 Å². The smallest absolute Gasteiger partial charge is 0.198 e. The van der Waals surface area contributed by atoms with Crippen molar-refractivity contribution < 1.29 is 0 Å². The minimum atomic E-state index is -0.398. The minimum Gasteiger partial charge on any atom is -0.198 e. The fraction of sp³-hybridized carbons (Fsp3) is 0.667. The van der Waals surface area contributed by atoms with Crippen molar-refractivity contribution in [3.63, 3.8) is 0 Å². The Balaban J connectivity index is 2.43. The Morgan fingerprint density at radius 1 is 1.62 bits per heavy atom. The van der Waals surface area contributed by atoms with Crippen molar-refractivity contribution in [1.29, 1.82) is 0 Å². The van der Waals surface area contributed by atoms with Gasteiger partial charge < -0.3 is 0 Å². The van der Waals surface area contributed by atoms with Crippen LogP contribution in [0.3, 0.4) is 0 Å². The average Bonchev–Trinajstić information content (AvgIpc) is 2.48. The molecule has 13 heavy (non-hydrogen) atoms. The summed E-state index contributed by atoms with van der Waals surface area (Å²) in [6, 6.07) is 0. The predicted octanol–water partition coefficient (Wildman–Crippen LogP) is 3.52. The molecule has 0 bridgehead atoms. The lowest BCUT2D eigenvalue weighted by Crippen LogP contribution is -2.21. The van der Waals surface area contributed by atoms with Gasteiger partial charge in [0.15, 0.2) is 4.34 Å². The number of aromatic nitrogens is 2. The lowest BCUT2D eigenvalue weighted by atomic mass is 10.2. The molecule has 0 aromatic carbocycles. The normalized spacial score (nSPS) is 15.7. The third-order valence-electron chi connectivity index (χ3n) is 1.16. The van der Waals surface area contributed by atoms with Gasteiger partial charge in [0.05, 0.1) is 4.87 Å².